The molecule has 1 saturated heterocycles. The minimum Gasteiger partial charge on any atom is -0.383 e. The summed E-state index contributed by atoms with van der Waals surface area (Å²) in [5.74, 6) is 0.221. The number of aromatic nitrogens is 2. The van der Waals surface area contributed by atoms with Crippen molar-refractivity contribution in [3.8, 4) is 11.1 Å². The fourth-order valence-corrected chi connectivity index (χ4v) is 7.45. The Labute approximate surface area is 196 Å². The number of methoxy groups -OCH3 is 1. The van der Waals surface area contributed by atoms with Gasteiger partial charge in [-0.2, -0.15) is 0 Å². The number of thiophene rings is 1. The lowest BCUT2D eigenvalue weighted by Gasteiger charge is -2.28. The number of hydrogen-bond acceptors (Lipinski definition) is 8. The molecular weight excluding hydrogens is 466 g/mol. The van der Waals surface area contributed by atoms with Gasteiger partial charge in [0.1, 0.15) is 16.2 Å². The fourth-order valence-electron chi connectivity index (χ4n) is 3.84. The summed E-state index contributed by atoms with van der Waals surface area (Å²) in [6.07, 6.45) is 2.00. The van der Waals surface area contributed by atoms with Crippen LogP contribution in [0, 0.1) is 6.92 Å². The van der Waals surface area contributed by atoms with Crippen LogP contribution in [0.5, 0.6) is 0 Å². The summed E-state index contributed by atoms with van der Waals surface area (Å²) in [4.78, 5) is 24.5. The average molecular weight is 492 g/mol. The third-order valence-electron chi connectivity index (χ3n) is 5.54. The van der Waals surface area contributed by atoms with Crippen LogP contribution in [0.1, 0.15) is 12.0 Å². The first-order chi connectivity index (χ1) is 15.4. The molecule has 0 bridgehead atoms. The van der Waals surface area contributed by atoms with E-state index in [1.165, 1.54) is 23.7 Å². The molecule has 1 atom stereocenters. The number of carbonyl (C=O) groups excluding carboxylic acids is 1. The number of benzene rings is 1. The fraction of sp³-hybridized carbons (Fsp3) is 0.409. The second-order valence-electron chi connectivity index (χ2n) is 7.80. The predicted octanol–water partition coefficient (Wildman–Crippen LogP) is 3.42. The molecule has 7 nitrogen and oxygen atoms in total. The highest BCUT2D eigenvalue weighted by molar-refractivity contribution is 8.00. The summed E-state index contributed by atoms with van der Waals surface area (Å²) < 4.78 is 29.0. The van der Waals surface area contributed by atoms with Crippen LogP contribution in [-0.4, -0.2) is 72.8 Å². The van der Waals surface area contributed by atoms with Crippen LogP contribution < -0.4 is 0 Å². The standard InChI is InChI=1S/C22H25N3O4S3/c1-15-3-5-16(6-4-15)18-11-30-21-20(18)22(24-14-23-21)31-12-19(26)25(8-9-29-2)17-7-10-32(27,28)13-17/h3-6,11,14,17H,7-10,12-13H2,1-2H3. The first-order valence-electron chi connectivity index (χ1n) is 10.3. The molecule has 1 unspecified atom stereocenters. The highest BCUT2D eigenvalue weighted by Gasteiger charge is 2.34. The molecule has 1 aliphatic rings. The van der Waals surface area contributed by atoms with E-state index in [9.17, 15) is 13.2 Å². The molecule has 0 aliphatic carbocycles. The summed E-state index contributed by atoms with van der Waals surface area (Å²) in [6, 6.07) is 8.01. The number of aryl methyl sites for hydroxylation is 1. The summed E-state index contributed by atoms with van der Waals surface area (Å²) in [7, 11) is -1.51. The third kappa shape index (κ3) is 5.14. The Morgan fingerprint density at radius 3 is 2.75 bits per heavy atom. The van der Waals surface area contributed by atoms with Gasteiger partial charge in [0.25, 0.3) is 0 Å². The minimum absolute atomic E-state index is 0.0208. The molecule has 1 aliphatic heterocycles. The van der Waals surface area contributed by atoms with Gasteiger partial charge < -0.3 is 9.64 Å². The van der Waals surface area contributed by atoms with Crippen molar-refractivity contribution in [2.45, 2.75) is 24.4 Å². The lowest BCUT2D eigenvalue weighted by molar-refractivity contribution is -0.130. The molecule has 0 saturated carbocycles. The first kappa shape index (κ1) is 23.2. The van der Waals surface area contributed by atoms with Crippen LogP contribution in [0.4, 0.5) is 0 Å². The van der Waals surface area contributed by atoms with Crippen LogP contribution in [0.3, 0.4) is 0 Å². The van der Waals surface area contributed by atoms with Crippen molar-refractivity contribution in [2.24, 2.45) is 0 Å². The Morgan fingerprint density at radius 1 is 1.28 bits per heavy atom. The normalized spacial score (nSPS) is 17.6. The van der Waals surface area contributed by atoms with Crippen molar-refractivity contribution in [3.05, 3.63) is 41.5 Å². The van der Waals surface area contributed by atoms with E-state index in [2.05, 4.69) is 46.5 Å². The van der Waals surface area contributed by atoms with Crippen LogP contribution in [0.2, 0.25) is 0 Å². The number of hydrogen-bond donors (Lipinski definition) is 0. The van der Waals surface area contributed by atoms with Crippen molar-refractivity contribution in [1.29, 1.82) is 0 Å². The molecule has 0 spiro atoms. The van der Waals surface area contributed by atoms with Crippen LogP contribution in [0.15, 0.2) is 41.0 Å². The lowest BCUT2D eigenvalue weighted by atomic mass is 10.1. The highest BCUT2D eigenvalue weighted by atomic mass is 32.2. The van der Waals surface area contributed by atoms with Gasteiger partial charge in [-0.05, 0) is 18.9 Å². The van der Waals surface area contributed by atoms with E-state index in [1.54, 1.807) is 23.3 Å². The highest BCUT2D eigenvalue weighted by Crippen LogP contribution is 2.38. The molecule has 1 aromatic carbocycles. The molecule has 1 amide bonds. The number of thioether (sulfide) groups is 1. The zero-order valence-electron chi connectivity index (χ0n) is 18.0. The van der Waals surface area contributed by atoms with E-state index in [0.29, 0.717) is 19.6 Å². The zero-order valence-corrected chi connectivity index (χ0v) is 20.4. The van der Waals surface area contributed by atoms with Crippen molar-refractivity contribution < 1.29 is 17.9 Å². The maximum Gasteiger partial charge on any atom is 0.233 e. The smallest absolute Gasteiger partial charge is 0.233 e. The van der Waals surface area contributed by atoms with Gasteiger partial charge in [0.15, 0.2) is 9.84 Å². The Bertz CT molecular complexity index is 1210. The maximum absolute atomic E-state index is 13.1. The Balaban J connectivity index is 1.55. The molecule has 1 fully saturated rings. The molecule has 170 valence electrons. The minimum atomic E-state index is -3.09. The summed E-state index contributed by atoms with van der Waals surface area (Å²) in [6.45, 7) is 2.80. The zero-order chi connectivity index (χ0) is 22.7. The average Bonchev–Trinajstić information content (AvgIpc) is 3.36. The quantitative estimate of drug-likeness (QED) is 0.352. The van der Waals surface area contributed by atoms with Gasteiger partial charge in [-0.15, -0.1) is 11.3 Å². The Kier molecular flexibility index (Phi) is 7.14. The number of rotatable bonds is 8. The number of fused-ring (bicyclic) bond motifs is 1. The lowest BCUT2D eigenvalue weighted by Crippen LogP contribution is -2.44. The molecule has 32 heavy (non-hydrogen) atoms. The predicted molar refractivity (Wildman–Crippen MR) is 129 cm³/mol. The van der Waals surface area contributed by atoms with E-state index in [0.717, 1.165) is 26.4 Å². The first-order valence-corrected chi connectivity index (χ1v) is 14.0. The van der Waals surface area contributed by atoms with E-state index in [-0.39, 0.29) is 29.2 Å². The molecule has 0 radical (unpaired) electrons. The van der Waals surface area contributed by atoms with E-state index < -0.39 is 9.84 Å². The molecule has 2 aromatic heterocycles. The largest absolute Gasteiger partial charge is 0.383 e. The van der Waals surface area contributed by atoms with Gasteiger partial charge in [0.2, 0.25) is 5.91 Å². The van der Waals surface area contributed by atoms with Gasteiger partial charge >= 0.3 is 0 Å². The van der Waals surface area contributed by atoms with Crippen molar-refractivity contribution in [3.63, 3.8) is 0 Å². The second-order valence-corrected chi connectivity index (χ2v) is 11.9. The van der Waals surface area contributed by atoms with Crippen molar-refractivity contribution >= 4 is 49.1 Å². The topological polar surface area (TPSA) is 89.5 Å². The van der Waals surface area contributed by atoms with Crippen molar-refractivity contribution in [1.82, 2.24) is 14.9 Å². The molecule has 10 heteroatoms. The molecule has 3 aromatic rings. The van der Waals surface area contributed by atoms with Crippen molar-refractivity contribution in [2.75, 3.05) is 37.5 Å². The molecule has 0 N–H and O–H groups in total. The second kappa shape index (κ2) is 9.86. The number of carbonyl (C=O) groups is 1. The number of amides is 1. The van der Waals surface area contributed by atoms with E-state index >= 15 is 0 Å². The molecule has 3 heterocycles. The third-order valence-corrected chi connectivity index (χ3v) is 9.15. The SMILES string of the molecule is COCCN(C(=O)CSc1ncnc2scc(-c3ccc(C)cc3)c12)C1CCS(=O)(=O)C1. The summed E-state index contributed by atoms with van der Waals surface area (Å²) >= 11 is 2.93. The van der Waals surface area contributed by atoms with E-state index in [1.807, 2.05) is 0 Å². The van der Waals surface area contributed by atoms with Gasteiger partial charge in [-0.3, -0.25) is 4.79 Å². The Morgan fingerprint density at radius 2 is 2.06 bits per heavy atom. The van der Waals surface area contributed by atoms with Gasteiger partial charge in [0, 0.05) is 30.6 Å². The maximum atomic E-state index is 13.1. The van der Waals surface area contributed by atoms with Gasteiger partial charge in [-0.1, -0.05) is 41.6 Å². The molecular formula is C22H25N3O4S3. The number of nitrogens with zero attached hydrogens (tertiary/aromatic N) is 3. The van der Waals surface area contributed by atoms with Gasteiger partial charge in [-0.25, -0.2) is 18.4 Å². The summed E-state index contributed by atoms with van der Waals surface area (Å²) in [5, 5.41) is 3.78. The van der Waals surface area contributed by atoms with E-state index in [4.69, 9.17) is 4.74 Å². The van der Waals surface area contributed by atoms with Crippen LogP contribution in [-0.2, 0) is 19.4 Å². The van der Waals surface area contributed by atoms with Crippen LogP contribution in [0.25, 0.3) is 21.3 Å². The number of sulfone groups is 1. The monoisotopic (exact) mass is 491 g/mol. The molecule has 4 rings (SSSR count). The van der Waals surface area contributed by atoms with Crippen LogP contribution >= 0.6 is 23.1 Å². The number of ether oxygens (including phenoxy) is 1. The van der Waals surface area contributed by atoms with Gasteiger partial charge in [0.05, 0.1) is 29.3 Å². The summed E-state index contributed by atoms with van der Waals surface area (Å²) in [5.41, 5.74) is 3.33. The Hall–Kier alpha value is -2.01.